The molecule has 32 heavy (non-hydrogen) atoms. The second-order valence-corrected chi connectivity index (χ2v) is 7.69. The van der Waals surface area contributed by atoms with Crippen molar-refractivity contribution in [3.63, 3.8) is 0 Å². The average Bonchev–Trinajstić information content (AvgIpc) is 3.32. The Morgan fingerprint density at radius 2 is 1.84 bits per heavy atom. The zero-order chi connectivity index (χ0) is 22.9. The molecule has 0 aliphatic carbocycles. The highest BCUT2D eigenvalue weighted by molar-refractivity contribution is 5.96. The van der Waals surface area contributed by atoms with E-state index in [-0.39, 0.29) is 23.8 Å². The number of hydrogen-bond donors (Lipinski definition) is 3. The van der Waals surface area contributed by atoms with Crippen molar-refractivity contribution in [1.82, 2.24) is 10.6 Å². The van der Waals surface area contributed by atoms with Crippen molar-refractivity contribution >= 4 is 23.4 Å². The summed E-state index contributed by atoms with van der Waals surface area (Å²) < 4.78 is 11.0. The molecule has 0 spiro atoms. The molecule has 8 heteroatoms. The average molecular weight is 440 g/mol. The van der Waals surface area contributed by atoms with Crippen molar-refractivity contribution in [3.8, 4) is 5.75 Å². The van der Waals surface area contributed by atoms with Crippen LogP contribution in [-0.2, 0) is 14.3 Å². The van der Waals surface area contributed by atoms with Crippen molar-refractivity contribution in [2.75, 3.05) is 25.0 Å². The Balaban J connectivity index is 1.41. The third-order valence-electron chi connectivity index (χ3n) is 5.02. The zero-order valence-corrected chi connectivity index (χ0v) is 18.4. The van der Waals surface area contributed by atoms with E-state index in [1.165, 1.54) is 0 Å². The number of anilines is 1. The summed E-state index contributed by atoms with van der Waals surface area (Å²) in [5.74, 6) is -0.0554. The first-order chi connectivity index (χ1) is 15.4. The van der Waals surface area contributed by atoms with Crippen molar-refractivity contribution < 1.29 is 23.9 Å². The topological polar surface area (TPSA) is 106 Å². The van der Waals surface area contributed by atoms with Crippen LogP contribution in [0, 0.1) is 6.92 Å². The Kier molecular flexibility index (Phi) is 8.21. The Bertz CT molecular complexity index is 939. The van der Waals surface area contributed by atoms with Gasteiger partial charge in [-0.3, -0.25) is 14.4 Å². The third-order valence-corrected chi connectivity index (χ3v) is 5.02. The maximum Gasteiger partial charge on any atom is 0.265 e. The van der Waals surface area contributed by atoms with E-state index in [2.05, 4.69) is 16.0 Å². The summed E-state index contributed by atoms with van der Waals surface area (Å²) in [6.45, 7) is 4.89. The number of rotatable bonds is 9. The lowest BCUT2D eigenvalue weighted by Crippen LogP contribution is -2.39. The fourth-order valence-electron chi connectivity index (χ4n) is 3.26. The molecule has 2 atom stereocenters. The van der Waals surface area contributed by atoms with Crippen LogP contribution in [0.15, 0.2) is 48.5 Å². The smallest absolute Gasteiger partial charge is 0.265 e. The molecule has 1 aliphatic heterocycles. The molecule has 1 aliphatic rings. The van der Waals surface area contributed by atoms with Crippen LogP contribution >= 0.6 is 0 Å². The van der Waals surface area contributed by atoms with Crippen LogP contribution in [0.1, 0.15) is 35.7 Å². The molecule has 2 unspecified atom stereocenters. The molecule has 1 fully saturated rings. The molecule has 2 aromatic rings. The van der Waals surface area contributed by atoms with E-state index < -0.39 is 6.10 Å². The van der Waals surface area contributed by atoms with Gasteiger partial charge in [0, 0.05) is 30.9 Å². The van der Waals surface area contributed by atoms with Gasteiger partial charge in [0.25, 0.3) is 11.8 Å². The molecule has 1 heterocycles. The standard InChI is InChI=1S/C24H29N3O5/c1-16-5-3-6-20(15-16)32-17(2)22(28)27-19-10-8-18(9-11-19)23(29)25-12-13-26-24(30)21-7-4-14-31-21/h3,5-6,8-11,15,17,21H,4,7,12-14H2,1-2H3,(H,25,29)(H,26,30)(H,27,28). The summed E-state index contributed by atoms with van der Waals surface area (Å²) in [6.07, 6.45) is 0.574. The molecule has 0 saturated carbocycles. The Labute approximate surface area is 187 Å². The molecular formula is C24H29N3O5. The molecule has 2 aromatic carbocycles. The molecule has 170 valence electrons. The van der Waals surface area contributed by atoms with Gasteiger partial charge in [0.15, 0.2) is 6.10 Å². The van der Waals surface area contributed by atoms with Gasteiger partial charge in [0.05, 0.1) is 0 Å². The fraction of sp³-hybridized carbons (Fsp3) is 0.375. The van der Waals surface area contributed by atoms with Crippen LogP contribution in [0.4, 0.5) is 5.69 Å². The second-order valence-electron chi connectivity index (χ2n) is 7.69. The molecule has 3 rings (SSSR count). The van der Waals surface area contributed by atoms with Gasteiger partial charge in [-0.2, -0.15) is 0 Å². The summed E-state index contributed by atoms with van der Waals surface area (Å²) in [5, 5.41) is 8.29. The summed E-state index contributed by atoms with van der Waals surface area (Å²) in [6, 6.07) is 14.1. The highest BCUT2D eigenvalue weighted by Crippen LogP contribution is 2.16. The van der Waals surface area contributed by atoms with Crippen LogP contribution in [-0.4, -0.2) is 49.6 Å². The number of carbonyl (C=O) groups is 3. The summed E-state index contributed by atoms with van der Waals surface area (Å²) in [5.41, 5.74) is 2.07. The SMILES string of the molecule is Cc1cccc(OC(C)C(=O)Nc2ccc(C(=O)NCCNC(=O)C3CCCO3)cc2)c1. The first-order valence-corrected chi connectivity index (χ1v) is 10.7. The predicted molar refractivity (Wildman–Crippen MR) is 121 cm³/mol. The molecule has 0 aromatic heterocycles. The first kappa shape index (κ1) is 23.3. The van der Waals surface area contributed by atoms with Crippen LogP contribution in [0.5, 0.6) is 5.75 Å². The summed E-state index contributed by atoms with van der Waals surface area (Å²) in [4.78, 5) is 36.5. The van der Waals surface area contributed by atoms with E-state index in [4.69, 9.17) is 9.47 Å². The lowest BCUT2D eigenvalue weighted by atomic mass is 10.2. The van der Waals surface area contributed by atoms with E-state index in [0.717, 1.165) is 18.4 Å². The van der Waals surface area contributed by atoms with Gasteiger partial charge in [0.2, 0.25) is 5.91 Å². The molecule has 1 saturated heterocycles. The largest absolute Gasteiger partial charge is 0.481 e. The Morgan fingerprint density at radius 1 is 1.09 bits per heavy atom. The van der Waals surface area contributed by atoms with Gasteiger partial charge in [-0.1, -0.05) is 12.1 Å². The number of hydrogen-bond acceptors (Lipinski definition) is 5. The number of ether oxygens (including phenoxy) is 2. The van der Waals surface area contributed by atoms with Gasteiger partial charge in [-0.15, -0.1) is 0 Å². The maximum absolute atomic E-state index is 12.4. The number of benzene rings is 2. The minimum atomic E-state index is -0.676. The third kappa shape index (κ3) is 6.81. The number of amides is 3. The van der Waals surface area contributed by atoms with Gasteiger partial charge in [-0.05, 0) is 68.7 Å². The van der Waals surface area contributed by atoms with Crippen LogP contribution in [0.2, 0.25) is 0 Å². The van der Waals surface area contributed by atoms with Crippen LogP contribution in [0.25, 0.3) is 0 Å². The second kappa shape index (κ2) is 11.3. The van der Waals surface area contributed by atoms with E-state index in [9.17, 15) is 14.4 Å². The van der Waals surface area contributed by atoms with Crippen molar-refractivity contribution in [3.05, 3.63) is 59.7 Å². The minimum Gasteiger partial charge on any atom is -0.481 e. The van der Waals surface area contributed by atoms with Crippen molar-refractivity contribution in [1.29, 1.82) is 0 Å². The summed E-state index contributed by atoms with van der Waals surface area (Å²) in [7, 11) is 0. The van der Waals surface area contributed by atoms with Crippen molar-refractivity contribution in [2.45, 2.75) is 38.9 Å². The first-order valence-electron chi connectivity index (χ1n) is 10.7. The van der Waals surface area contributed by atoms with E-state index in [1.807, 2.05) is 25.1 Å². The lowest BCUT2D eigenvalue weighted by Gasteiger charge is -2.15. The van der Waals surface area contributed by atoms with E-state index in [1.54, 1.807) is 37.3 Å². The number of aryl methyl sites for hydroxylation is 1. The van der Waals surface area contributed by atoms with Crippen molar-refractivity contribution in [2.24, 2.45) is 0 Å². The molecular weight excluding hydrogens is 410 g/mol. The van der Waals surface area contributed by atoms with E-state index >= 15 is 0 Å². The normalized spacial score (nSPS) is 16.1. The summed E-state index contributed by atoms with van der Waals surface area (Å²) >= 11 is 0. The van der Waals surface area contributed by atoms with Crippen LogP contribution in [0.3, 0.4) is 0 Å². The van der Waals surface area contributed by atoms with E-state index in [0.29, 0.717) is 36.7 Å². The minimum absolute atomic E-state index is 0.141. The predicted octanol–water partition coefficient (Wildman–Crippen LogP) is 2.43. The molecule has 3 amide bonds. The van der Waals surface area contributed by atoms with Gasteiger partial charge >= 0.3 is 0 Å². The monoisotopic (exact) mass is 439 g/mol. The molecule has 3 N–H and O–H groups in total. The Morgan fingerprint density at radius 3 is 2.53 bits per heavy atom. The van der Waals surface area contributed by atoms with Gasteiger partial charge < -0.3 is 25.4 Å². The molecule has 0 bridgehead atoms. The Hall–Kier alpha value is -3.39. The number of carbonyl (C=O) groups excluding carboxylic acids is 3. The molecule has 0 radical (unpaired) electrons. The highest BCUT2D eigenvalue weighted by atomic mass is 16.5. The maximum atomic E-state index is 12.4. The molecule has 8 nitrogen and oxygen atoms in total. The van der Waals surface area contributed by atoms with Gasteiger partial charge in [0.1, 0.15) is 11.9 Å². The lowest BCUT2D eigenvalue weighted by molar-refractivity contribution is -0.130. The van der Waals surface area contributed by atoms with Crippen LogP contribution < -0.4 is 20.7 Å². The van der Waals surface area contributed by atoms with Gasteiger partial charge in [-0.25, -0.2) is 0 Å². The fourth-order valence-corrected chi connectivity index (χ4v) is 3.26. The highest BCUT2D eigenvalue weighted by Gasteiger charge is 2.22. The quantitative estimate of drug-likeness (QED) is 0.521. The zero-order valence-electron chi connectivity index (χ0n) is 18.4. The number of nitrogens with one attached hydrogen (secondary N) is 3.